The molecule has 96 valence electrons. The van der Waals surface area contributed by atoms with Gasteiger partial charge in [-0.1, -0.05) is 0 Å². The molecule has 1 aromatic rings. The molecule has 0 atom stereocenters. The summed E-state index contributed by atoms with van der Waals surface area (Å²) in [6, 6.07) is 3.63. The van der Waals surface area contributed by atoms with Crippen LogP contribution in [0, 0.1) is 0 Å². The summed E-state index contributed by atoms with van der Waals surface area (Å²) in [6.45, 7) is 0.401. The van der Waals surface area contributed by atoms with Gasteiger partial charge in [0.2, 0.25) is 0 Å². The molecule has 1 heterocycles. The van der Waals surface area contributed by atoms with Gasteiger partial charge in [0.05, 0.1) is 27.4 Å². The van der Waals surface area contributed by atoms with E-state index in [1.54, 1.807) is 20.3 Å². The highest BCUT2D eigenvalue weighted by Crippen LogP contribution is 2.38. The van der Waals surface area contributed by atoms with E-state index in [1.807, 2.05) is 6.07 Å². The number of fused-ring (bicyclic) bond motifs is 1. The Labute approximate surface area is 105 Å². The summed E-state index contributed by atoms with van der Waals surface area (Å²) < 4.78 is 20.4. The quantitative estimate of drug-likeness (QED) is 0.604. The largest absolute Gasteiger partial charge is 0.493 e. The Hall–Kier alpha value is -2.17. The Balaban J connectivity index is 2.44. The van der Waals surface area contributed by atoms with Gasteiger partial charge >= 0.3 is 5.97 Å². The molecule has 0 aromatic heterocycles. The highest BCUT2D eigenvalue weighted by molar-refractivity contribution is 5.91. The van der Waals surface area contributed by atoms with Crippen molar-refractivity contribution in [3.8, 4) is 11.5 Å². The average Bonchev–Trinajstić information content (AvgIpc) is 2.79. The fourth-order valence-electron chi connectivity index (χ4n) is 1.79. The SMILES string of the molecule is COC(=O)/C=C1\OCc2cc(OC)c(OC)cc21. The summed E-state index contributed by atoms with van der Waals surface area (Å²) in [4.78, 5) is 11.2. The summed E-state index contributed by atoms with van der Waals surface area (Å²) in [5.41, 5.74) is 1.76. The number of carbonyl (C=O) groups excluding carboxylic acids is 1. The highest BCUT2D eigenvalue weighted by atomic mass is 16.5. The van der Waals surface area contributed by atoms with E-state index in [2.05, 4.69) is 4.74 Å². The van der Waals surface area contributed by atoms with E-state index in [1.165, 1.54) is 13.2 Å². The molecule has 2 rings (SSSR count). The van der Waals surface area contributed by atoms with E-state index in [-0.39, 0.29) is 0 Å². The maximum atomic E-state index is 11.2. The third kappa shape index (κ3) is 2.11. The fraction of sp³-hybridized carbons (Fsp3) is 0.308. The Kier molecular flexibility index (Phi) is 3.41. The van der Waals surface area contributed by atoms with Crippen molar-refractivity contribution in [1.82, 2.24) is 0 Å². The minimum absolute atomic E-state index is 0.401. The first-order valence-electron chi connectivity index (χ1n) is 5.37. The molecule has 0 spiro atoms. The minimum Gasteiger partial charge on any atom is -0.493 e. The molecule has 0 saturated carbocycles. The van der Waals surface area contributed by atoms with Crippen LogP contribution in [0.2, 0.25) is 0 Å². The van der Waals surface area contributed by atoms with Crippen molar-refractivity contribution in [1.29, 1.82) is 0 Å². The smallest absolute Gasteiger partial charge is 0.334 e. The van der Waals surface area contributed by atoms with E-state index in [0.29, 0.717) is 23.9 Å². The van der Waals surface area contributed by atoms with Crippen molar-refractivity contribution < 1.29 is 23.7 Å². The van der Waals surface area contributed by atoms with Crippen LogP contribution < -0.4 is 9.47 Å². The van der Waals surface area contributed by atoms with Crippen LogP contribution in [-0.4, -0.2) is 27.3 Å². The molecule has 1 aliphatic heterocycles. The number of hydrogen-bond acceptors (Lipinski definition) is 5. The maximum absolute atomic E-state index is 11.2. The molecular formula is C13H14O5. The van der Waals surface area contributed by atoms with E-state index in [9.17, 15) is 4.79 Å². The lowest BCUT2D eigenvalue weighted by Crippen LogP contribution is -1.97. The molecule has 0 bridgehead atoms. The summed E-state index contributed by atoms with van der Waals surface area (Å²) in [5, 5.41) is 0. The van der Waals surface area contributed by atoms with Crippen LogP contribution in [0.25, 0.3) is 5.76 Å². The zero-order chi connectivity index (χ0) is 13.1. The third-order valence-electron chi connectivity index (χ3n) is 2.71. The van der Waals surface area contributed by atoms with Crippen LogP contribution >= 0.6 is 0 Å². The van der Waals surface area contributed by atoms with Crippen LogP contribution in [0.5, 0.6) is 11.5 Å². The first-order chi connectivity index (χ1) is 8.69. The van der Waals surface area contributed by atoms with Crippen molar-refractivity contribution in [2.24, 2.45) is 0 Å². The van der Waals surface area contributed by atoms with Gasteiger partial charge in [-0.05, 0) is 12.1 Å². The van der Waals surface area contributed by atoms with Crippen LogP contribution in [0.1, 0.15) is 11.1 Å². The molecule has 0 unspecified atom stereocenters. The lowest BCUT2D eigenvalue weighted by atomic mass is 10.1. The number of rotatable bonds is 3. The zero-order valence-electron chi connectivity index (χ0n) is 10.5. The molecule has 0 aliphatic carbocycles. The molecule has 18 heavy (non-hydrogen) atoms. The zero-order valence-corrected chi connectivity index (χ0v) is 10.5. The molecule has 1 aromatic carbocycles. The van der Waals surface area contributed by atoms with E-state index >= 15 is 0 Å². The van der Waals surface area contributed by atoms with Crippen molar-refractivity contribution in [2.45, 2.75) is 6.61 Å². The summed E-state index contributed by atoms with van der Waals surface area (Å²) in [7, 11) is 4.46. The van der Waals surface area contributed by atoms with Gasteiger partial charge in [-0.25, -0.2) is 4.79 Å². The number of esters is 1. The van der Waals surface area contributed by atoms with Crippen molar-refractivity contribution in [2.75, 3.05) is 21.3 Å². The van der Waals surface area contributed by atoms with Crippen molar-refractivity contribution in [3.63, 3.8) is 0 Å². The van der Waals surface area contributed by atoms with Gasteiger partial charge in [0.15, 0.2) is 11.5 Å². The van der Waals surface area contributed by atoms with Crippen LogP contribution in [0.3, 0.4) is 0 Å². The molecule has 0 radical (unpaired) electrons. The summed E-state index contributed by atoms with van der Waals surface area (Å²) >= 11 is 0. The average molecular weight is 250 g/mol. The Bertz CT molecular complexity index is 504. The van der Waals surface area contributed by atoms with Gasteiger partial charge in [-0.3, -0.25) is 0 Å². The van der Waals surface area contributed by atoms with Gasteiger partial charge in [0.1, 0.15) is 12.4 Å². The van der Waals surface area contributed by atoms with Crippen LogP contribution in [-0.2, 0) is 20.9 Å². The number of methoxy groups -OCH3 is 3. The number of carbonyl (C=O) groups is 1. The van der Waals surface area contributed by atoms with Gasteiger partial charge in [0, 0.05) is 11.1 Å². The fourth-order valence-corrected chi connectivity index (χ4v) is 1.79. The van der Waals surface area contributed by atoms with Crippen molar-refractivity contribution in [3.05, 3.63) is 29.3 Å². The normalized spacial score (nSPS) is 14.9. The second-order valence-corrected chi connectivity index (χ2v) is 3.68. The van der Waals surface area contributed by atoms with Crippen LogP contribution in [0.4, 0.5) is 0 Å². The first-order valence-corrected chi connectivity index (χ1v) is 5.37. The molecule has 0 N–H and O–H groups in total. The van der Waals surface area contributed by atoms with Gasteiger partial charge in [-0.2, -0.15) is 0 Å². The molecule has 0 saturated heterocycles. The van der Waals surface area contributed by atoms with Gasteiger partial charge in [0.25, 0.3) is 0 Å². The van der Waals surface area contributed by atoms with Gasteiger partial charge in [-0.15, -0.1) is 0 Å². The maximum Gasteiger partial charge on any atom is 0.334 e. The topological polar surface area (TPSA) is 54.0 Å². The highest BCUT2D eigenvalue weighted by Gasteiger charge is 2.22. The first kappa shape index (κ1) is 12.3. The number of hydrogen-bond donors (Lipinski definition) is 0. The Morgan fingerprint density at radius 3 is 2.50 bits per heavy atom. The molecule has 0 fully saturated rings. The molecule has 1 aliphatic rings. The molecule has 0 amide bonds. The molecule has 5 heteroatoms. The minimum atomic E-state index is -0.451. The second-order valence-electron chi connectivity index (χ2n) is 3.68. The summed E-state index contributed by atoms with van der Waals surface area (Å²) in [6.07, 6.45) is 1.32. The lowest BCUT2D eigenvalue weighted by molar-refractivity contribution is -0.134. The molecule has 5 nitrogen and oxygen atoms in total. The summed E-state index contributed by atoms with van der Waals surface area (Å²) in [5.74, 6) is 1.27. The van der Waals surface area contributed by atoms with E-state index in [4.69, 9.17) is 14.2 Å². The lowest BCUT2D eigenvalue weighted by Gasteiger charge is -2.08. The van der Waals surface area contributed by atoms with Gasteiger partial charge < -0.3 is 18.9 Å². The Morgan fingerprint density at radius 1 is 1.22 bits per heavy atom. The predicted octanol–water partition coefficient (Wildman–Crippen LogP) is 1.75. The third-order valence-corrected chi connectivity index (χ3v) is 2.71. The van der Waals surface area contributed by atoms with Crippen molar-refractivity contribution >= 4 is 11.7 Å². The van der Waals surface area contributed by atoms with E-state index in [0.717, 1.165) is 11.1 Å². The number of benzene rings is 1. The van der Waals surface area contributed by atoms with Crippen LogP contribution in [0.15, 0.2) is 18.2 Å². The monoisotopic (exact) mass is 250 g/mol. The molecular weight excluding hydrogens is 236 g/mol. The second kappa shape index (κ2) is 5.00. The standard InChI is InChI=1S/C13H14O5/c1-15-11-4-8-7-18-10(6-13(14)17-3)9(8)5-12(11)16-2/h4-6H,7H2,1-3H3/b10-6-. The predicted molar refractivity (Wildman–Crippen MR) is 64.3 cm³/mol. The number of ether oxygens (including phenoxy) is 4. The van der Waals surface area contributed by atoms with E-state index < -0.39 is 5.97 Å². The Morgan fingerprint density at radius 2 is 1.89 bits per heavy atom.